The number of aryl methyl sites for hydroxylation is 1. The van der Waals surface area contributed by atoms with Crippen molar-refractivity contribution >= 4 is 0 Å². The summed E-state index contributed by atoms with van der Waals surface area (Å²) in [4.78, 5) is 3.85. The molecule has 0 amide bonds. The third-order valence-electron chi connectivity index (χ3n) is 1.34. The van der Waals surface area contributed by atoms with E-state index in [0.29, 0.717) is 18.5 Å². The van der Waals surface area contributed by atoms with E-state index in [0.717, 1.165) is 0 Å². The second kappa shape index (κ2) is 3.72. The van der Waals surface area contributed by atoms with E-state index in [9.17, 15) is 4.39 Å². The number of rotatable bonds is 2. The molecule has 0 radical (unpaired) electrons. The zero-order valence-electron chi connectivity index (χ0n) is 6.05. The first-order valence-electron chi connectivity index (χ1n) is 3.37. The van der Waals surface area contributed by atoms with Crippen molar-refractivity contribution in [1.82, 2.24) is 4.98 Å². The lowest BCUT2D eigenvalue weighted by molar-refractivity contribution is 0.599. The highest BCUT2D eigenvalue weighted by molar-refractivity contribution is 5.08. The molecule has 0 unspecified atom stereocenters. The quantitative estimate of drug-likeness (QED) is 0.584. The maximum atomic E-state index is 12.8. The van der Waals surface area contributed by atoms with E-state index in [2.05, 4.69) is 10.9 Å². The summed E-state index contributed by atoms with van der Waals surface area (Å²) in [5.74, 6) is 2.16. The predicted molar refractivity (Wildman–Crippen MR) is 41.3 cm³/mol. The molecule has 1 nitrogen and oxygen atoms in total. The largest absolute Gasteiger partial charge is 0.258 e. The first-order chi connectivity index (χ1) is 5.34. The number of aromatic nitrogens is 1. The highest BCUT2D eigenvalue weighted by atomic mass is 19.1. The molecule has 0 saturated heterocycles. The average Bonchev–Trinajstić information content (AvgIpc) is 2.03. The molecular formula is C9H8FN. The maximum absolute atomic E-state index is 12.8. The van der Waals surface area contributed by atoms with Gasteiger partial charge in [-0.05, 0) is 12.1 Å². The van der Waals surface area contributed by atoms with Gasteiger partial charge in [-0.15, -0.1) is 12.3 Å². The standard InChI is InChI=1S/C9H8FN/c1-2-3-6-9-8(10)5-4-7-11-9/h1,4-5,7H,3,6H2. The highest BCUT2D eigenvalue weighted by Gasteiger charge is 1.99. The van der Waals surface area contributed by atoms with Crippen LogP contribution in [0.5, 0.6) is 0 Å². The summed E-state index contributed by atoms with van der Waals surface area (Å²) in [6, 6.07) is 2.95. The van der Waals surface area contributed by atoms with Crippen LogP contribution in [0.1, 0.15) is 12.1 Å². The predicted octanol–water partition coefficient (Wildman–Crippen LogP) is 1.79. The van der Waals surface area contributed by atoms with E-state index in [4.69, 9.17) is 6.42 Å². The third-order valence-corrected chi connectivity index (χ3v) is 1.34. The molecule has 0 aliphatic rings. The molecule has 0 atom stereocenters. The van der Waals surface area contributed by atoms with Crippen molar-refractivity contribution < 1.29 is 4.39 Å². The molecule has 0 aromatic carbocycles. The summed E-state index contributed by atoms with van der Waals surface area (Å²) >= 11 is 0. The van der Waals surface area contributed by atoms with Gasteiger partial charge in [0.25, 0.3) is 0 Å². The van der Waals surface area contributed by atoms with Crippen LogP contribution in [0.15, 0.2) is 18.3 Å². The number of halogens is 1. The first kappa shape index (κ1) is 7.74. The Hall–Kier alpha value is -1.36. The number of hydrogen-bond acceptors (Lipinski definition) is 1. The normalized spacial score (nSPS) is 9.09. The van der Waals surface area contributed by atoms with E-state index >= 15 is 0 Å². The van der Waals surface area contributed by atoms with Crippen molar-refractivity contribution in [2.75, 3.05) is 0 Å². The Bertz CT molecular complexity index is 275. The van der Waals surface area contributed by atoms with Gasteiger partial charge in [0.05, 0.1) is 5.69 Å². The topological polar surface area (TPSA) is 12.9 Å². The lowest BCUT2D eigenvalue weighted by Gasteiger charge is -1.96. The van der Waals surface area contributed by atoms with Crippen molar-refractivity contribution in [3.63, 3.8) is 0 Å². The molecule has 0 aliphatic heterocycles. The van der Waals surface area contributed by atoms with Crippen LogP contribution in [0.3, 0.4) is 0 Å². The van der Waals surface area contributed by atoms with Gasteiger partial charge in [0.1, 0.15) is 5.82 Å². The monoisotopic (exact) mass is 149 g/mol. The molecule has 0 spiro atoms. The summed E-state index contributed by atoms with van der Waals surface area (Å²) in [7, 11) is 0. The van der Waals surface area contributed by atoms with Crippen LogP contribution in [-0.2, 0) is 6.42 Å². The minimum absolute atomic E-state index is 0.275. The van der Waals surface area contributed by atoms with Crippen LogP contribution in [0.4, 0.5) is 4.39 Å². The van der Waals surface area contributed by atoms with Gasteiger partial charge in [-0.2, -0.15) is 0 Å². The van der Waals surface area contributed by atoms with E-state index < -0.39 is 0 Å². The van der Waals surface area contributed by atoms with Gasteiger partial charge >= 0.3 is 0 Å². The van der Waals surface area contributed by atoms with Crippen molar-refractivity contribution in [3.05, 3.63) is 29.8 Å². The highest BCUT2D eigenvalue weighted by Crippen LogP contribution is 2.04. The number of pyridine rings is 1. The van der Waals surface area contributed by atoms with Gasteiger partial charge in [-0.25, -0.2) is 4.39 Å². The molecule has 0 fully saturated rings. The van der Waals surface area contributed by atoms with E-state index in [1.807, 2.05) is 0 Å². The molecule has 1 heterocycles. The molecule has 0 saturated carbocycles. The fraction of sp³-hybridized carbons (Fsp3) is 0.222. The van der Waals surface area contributed by atoms with Crippen molar-refractivity contribution in [2.24, 2.45) is 0 Å². The smallest absolute Gasteiger partial charge is 0.144 e. The maximum Gasteiger partial charge on any atom is 0.144 e. The fourth-order valence-electron chi connectivity index (χ4n) is 0.793. The Labute approximate surface area is 65.3 Å². The van der Waals surface area contributed by atoms with Gasteiger partial charge in [-0.1, -0.05) is 0 Å². The van der Waals surface area contributed by atoms with Crippen LogP contribution < -0.4 is 0 Å². The second-order valence-electron chi connectivity index (χ2n) is 2.14. The van der Waals surface area contributed by atoms with Crippen molar-refractivity contribution in [3.8, 4) is 12.3 Å². The molecule has 0 N–H and O–H groups in total. The molecule has 1 aromatic heterocycles. The van der Waals surface area contributed by atoms with Gasteiger partial charge in [0.2, 0.25) is 0 Å². The van der Waals surface area contributed by atoms with Crippen LogP contribution in [-0.4, -0.2) is 4.98 Å². The minimum atomic E-state index is -0.275. The van der Waals surface area contributed by atoms with E-state index in [1.165, 1.54) is 6.07 Å². The van der Waals surface area contributed by atoms with Crippen LogP contribution in [0.2, 0.25) is 0 Å². The molecule has 0 bridgehead atoms. The zero-order valence-corrected chi connectivity index (χ0v) is 6.05. The van der Waals surface area contributed by atoms with E-state index in [-0.39, 0.29) is 5.82 Å². The molecule has 1 aromatic rings. The number of terminal acetylenes is 1. The number of nitrogens with zero attached hydrogens (tertiary/aromatic N) is 1. The third kappa shape index (κ3) is 2.05. The Morgan fingerprint density at radius 1 is 1.64 bits per heavy atom. The number of hydrogen-bond donors (Lipinski definition) is 0. The molecular weight excluding hydrogens is 141 g/mol. The first-order valence-corrected chi connectivity index (χ1v) is 3.37. The molecule has 1 rings (SSSR count). The zero-order chi connectivity index (χ0) is 8.10. The van der Waals surface area contributed by atoms with Crippen molar-refractivity contribution in [1.29, 1.82) is 0 Å². The summed E-state index contributed by atoms with van der Waals surface area (Å²) in [6.07, 6.45) is 7.64. The Morgan fingerprint density at radius 3 is 3.09 bits per heavy atom. The van der Waals surface area contributed by atoms with Crippen molar-refractivity contribution in [2.45, 2.75) is 12.8 Å². The van der Waals surface area contributed by atoms with E-state index in [1.54, 1.807) is 12.3 Å². The molecule has 56 valence electrons. The van der Waals surface area contributed by atoms with Gasteiger partial charge < -0.3 is 0 Å². The molecule has 2 heteroatoms. The molecule has 0 aliphatic carbocycles. The van der Waals surface area contributed by atoms with Gasteiger partial charge in [0.15, 0.2) is 0 Å². The second-order valence-corrected chi connectivity index (χ2v) is 2.14. The van der Waals surface area contributed by atoms with Crippen LogP contribution in [0.25, 0.3) is 0 Å². The summed E-state index contributed by atoms with van der Waals surface area (Å²) < 4.78 is 12.8. The molecule has 11 heavy (non-hydrogen) atoms. The summed E-state index contributed by atoms with van der Waals surface area (Å²) in [5, 5.41) is 0. The minimum Gasteiger partial charge on any atom is -0.258 e. The fourth-order valence-corrected chi connectivity index (χ4v) is 0.793. The van der Waals surface area contributed by atoms with Gasteiger partial charge in [-0.3, -0.25) is 4.98 Å². The lowest BCUT2D eigenvalue weighted by atomic mass is 10.2. The summed E-state index contributed by atoms with van der Waals surface area (Å²) in [5.41, 5.74) is 0.449. The van der Waals surface area contributed by atoms with Gasteiger partial charge in [0, 0.05) is 19.0 Å². The van der Waals surface area contributed by atoms with Crippen LogP contribution >= 0.6 is 0 Å². The SMILES string of the molecule is C#CCCc1ncccc1F. The van der Waals surface area contributed by atoms with Crippen LogP contribution in [0, 0.1) is 18.2 Å². The lowest BCUT2D eigenvalue weighted by Crippen LogP contribution is -1.92. The Morgan fingerprint density at radius 2 is 2.45 bits per heavy atom. The Kier molecular flexibility index (Phi) is 2.62. The Balaban J connectivity index is 2.71. The average molecular weight is 149 g/mol. The summed E-state index contributed by atoms with van der Waals surface area (Å²) in [6.45, 7) is 0.